The molecule has 2 rings (SSSR count). The first kappa shape index (κ1) is 12.8. The molecule has 0 aromatic carbocycles. The summed E-state index contributed by atoms with van der Waals surface area (Å²) in [6, 6.07) is 0.557. The second-order valence-electron chi connectivity index (χ2n) is 4.58. The fourth-order valence-corrected chi connectivity index (χ4v) is 2.92. The fourth-order valence-electron chi connectivity index (χ4n) is 2.02. The lowest BCUT2D eigenvalue weighted by atomic mass is 10.2. The molecule has 1 aromatic heterocycles. The maximum atomic E-state index is 5.64. The summed E-state index contributed by atoms with van der Waals surface area (Å²) in [6.07, 6.45) is 4.58. The highest BCUT2D eigenvalue weighted by atomic mass is 32.1. The summed E-state index contributed by atoms with van der Waals surface area (Å²) in [5.41, 5.74) is 5.64. The Morgan fingerprint density at radius 2 is 2.41 bits per heavy atom. The molecule has 1 fully saturated rings. The number of methoxy groups -OCH3 is 1. The minimum absolute atomic E-state index is 0.557. The lowest BCUT2D eigenvalue weighted by molar-refractivity contribution is 0.202. The van der Waals surface area contributed by atoms with Gasteiger partial charge in [-0.3, -0.25) is 0 Å². The molecule has 0 saturated heterocycles. The van der Waals surface area contributed by atoms with Gasteiger partial charge < -0.3 is 15.4 Å². The van der Waals surface area contributed by atoms with E-state index in [-0.39, 0.29) is 0 Å². The standard InChI is InChI=1S/C12H21N3OS/c1-9(10-3-4-10)15(5-6-16-2)12-14-8-11(7-13)17-12/h8-10H,3-7,13H2,1-2H3. The average Bonchev–Trinajstić information content (AvgIpc) is 3.09. The molecule has 0 radical (unpaired) electrons. The summed E-state index contributed by atoms with van der Waals surface area (Å²) in [4.78, 5) is 7.99. The minimum atomic E-state index is 0.557. The Bertz CT molecular complexity index is 351. The predicted octanol–water partition coefficient (Wildman–Crippen LogP) is 1.85. The highest BCUT2D eigenvalue weighted by molar-refractivity contribution is 7.15. The SMILES string of the molecule is COCCN(c1ncc(CN)s1)C(C)C1CC1. The van der Waals surface area contributed by atoms with Crippen molar-refractivity contribution < 1.29 is 4.74 Å². The zero-order valence-corrected chi connectivity index (χ0v) is 11.4. The van der Waals surface area contributed by atoms with E-state index in [2.05, 4.69) is 16.8 Å². The Morgan fingerprint density at radius 3 is 2.94 bits per heavy atom. The van der Waals surface area contributed by atoms with Crippen molar-refractivity contribution in [3.8, 4) is 0 Å². The molecule has 1 unspecified atom stereocenters. The van der Waals surface area contributed by atoms with Crippen molar-refractivity contribution in [3.63, 3.8) is 0 Å². The Morgan fingerprint density at radius 1 is 1.65 bits per heavy atom. The van der Waals surface area contributed by atoms with Crippen LogP contribution in [-0.4, -0.2) is 31.3 Å². The largest absolute Gasteiger partial charge is 0.383 e. The van der Waals surface area contributed by atoms with Crippen LogP contribution in [-0.2, 0) is 11.3 Å². The Labute approximate surface area is 107 Å². The van der Waals surface area contributed by atoms with Crippen molar-refractivity contribution in [1.29, 1.82) is 0 Å². The predicted molar refractivity (Wildman–Crippen MR) is 71.4 cm³/mol. The van der Waals surface area contributed by atoms with Crippen LogP contribution in [0.5, 0.6) is 0 Å². The summed E-state index contributed by atoms with van der Waals surface area (Å²) < 4.78 is 5.19. The van der Waals surface area contributed by atoms with E-state index >= 15 is 0 Å². The first-order valence-corrected chi connectivity index (χ1v) is 6.98. The molecule has 1 aliphatic rings. The second kappa shape index (κ2) is 5.80. The van der Waals surface area contributed by atoms with E-state index in [1.807, 2.05) is 6.20 Å². The smallest absolute Gasteiger partial charge is 0.185 e. The van der Waals surface area contributed by atoms with Gasteiger partial charge in [-0.1, -0.05) is 0 Å². The van der Waals surface area contributed by atoms with E-state index in [9.17, 15) is 0 Å². The van der Waals surface area contributed by atoms with E-state index in [1.165, 1.54) is 12.8 Å². The number of aromatic nitrogens is 1. The molecule has 0 spiro atoms. The number of rotatable bonds is 7. The summed E-state index contributed by atoms with van der Waals surface area (Å²) >= 11 is 1.70. The summed E-state index contributed by atoms with van der Waals surface area (Å²) in [5, 5.41) is 1.09. The topological polar surface area (TPSA) is 51.4 Å². The normalized spacial score (nSPS) is 17.1. The third-order valence-electron chi connectivity index (χ3n) is 3.32. The van der Waals surface area contributed by atoms with Crippen molar-refractivity contribution in [1.82, 2.24) is 4.98 Å². The Kier molecular flexibility index (Phi) is 4.36. The van der Waals surface area contributed by atoms with Gasteiger partial charge in [0.2, 0.25) is 0 Å². The molecule has 1 atom stereocenters. The molecule has 1 saturated carbocycles. The third-order valence-corrected chi connectivity index (χ3v) is 4.38. The molecule has 5 heteroatoms. The highest BCUT2D eigenvalue weighted by Crippen LogP contribution is 2.37. The van der Waals surface area contributed by atoms with Crippen LogP contribution in [0.1, 0.15) is 24.6 Å². The second-order valence-corrected chi connectivity index (χ2v) is 5.67. The first-order valence-electron chi connectivity index (χ1n) is 6.16. The number of nitrogens with zero attached hydrogens (tertiary/aromatic N) is 2. The summed E-state index contributed by atoms with van der Waals surface area (Å²) in [7, 11) is 1.74. The Hall–Kier alpha value is -0.650. The van der Waals surface area contributed by atoms with Crippen molar-refractivity contribution in [3.05, 3.63) is 11.1 Å². The van der Waals surface area contributed by atoms with E-state index in [0.717, 1.165) is 29.1 Å². The molecule has 96 valence electrons. The van der Waals surface area contributed by atoms with Crippen molar-refractivity contribution in [2.24, 2.45) is 11.7 Å². The van der Waals surface area contributed by atoms with Gasteiger partial charge in [0, 0.05) is 37.3 Å². The third kappa shape index (κ3) is 3.18. The number of thiazole rings is 1. The number of nitrogens with two attached hydrogens (primary N) is 1. The van der Waals surface area contributed by atoms with E-state index in [0.29, 0.717) is 12.6 Å². The van der Waals surface area contributed by atoms with Gasteiger partial charge in [0.05, 0.1) is 6.61 Å². The van der Waals surface area contributed by atoms with Gasteiger partial charge in [-0.2, -0.15) is 0 Å². The first-order chi connectivity index (χ1) is 8.26. The van der Waals surface area contributed by atoms with Gasteiger partial charge in [-0.15, -0.1) is 11.3 Å². The molecule has 1 aromatic rings. The highest BCUT2D eigenvalue weighted by Gasteiger charge is 2.33. The lowest BCUT2D eigenvalue weighted by Crippen LogP contribution is -2.37. The van der Waals surface area contributed by atoms with Crippen molar-refractivity contribution in [2.45, 2.75) is 32.4 Å². The average molecular weight is 255 g/mol. The van der Waals surface area contributed by atoms with Crippen molar-refractivity contribution >= 4 is 16.5 Å². The number of ether oxygens (including phenoxy) is 1. The molecule has 4 nitrogen and oxygen atoms in total. The molecule has 0 bridgehead atoms. The maximum Gasteiger partial charge on any atom is 0.185 e. The maximum absolute atomic E-state index is 5.64. The zero-order chi connectivity index (χ0) is 12.3. The van der Waals surface area contributed by atoms with E-state index in [1.54, 1.807) is 18.4 Å². The van der Waals surface area contributed by atoms with Crippen LogP contribution < -0.4 is 10.6 Å². The van der Waals surface area contributed by atoms with E-state index < -0.39 is 0 Å². The van der Waals surface area contributed by atoms with Crippen LogP contribution in [0.15, 0.2) is 6.20 Å². The molecule has 1 heterocycles. The van der Waals surface area contributed by atoms with Gasteiger partial charge in [0.15, 0.2) is 5.13 Å². The zero-order valence-electron chi connectivity index (χ0n) is 10.6. The number of anilines is 1. The fraction of sp³-hybridized carbons (Fsp3) is 0.750. The van der Waals surface area contributed by atoms with Crippen LogP contribution in [0.2, 0.25) is 0 Å². The number of hydrogen-bond donors (Lipinski definition) is 1. The van der Waals surface area contributed by atoms with Crippen LogP contribution in [0.25, 0.3) is 0 Å². The molecule has 0 aliphatic heterocycles. The molecular weight excluding hydrogens is 234 g/mol. The quantitative estimate of drug-likeness (QED) is 0.808. The summed E-state index contributed by atoms with van der Waals surface area (Å²) in [5.74, 6) is 0.831. The number of hydrogen-bond acceptors (Lipinski definition) is 5. The minimum Gasteiger partial charge on any atom is -0.383 e. The van der Waals surface area contributed by atoms with Gasteiger partial charge in [-0.05, 0) is 25.7 Å². The van der Waals surface area contributed by atoms with Crippen LogP contribution in [0.3, 0.4) is 0 Å². The monoisotopic (exact) mass is 255 g/mol. The van der Waals surface area contributed by atoms with Gasteiger partial charge >= 0.3 is 0 Å². The van der Waals surface area contributed by atoms with Crippen molar-refractivity contribution in [2.75, 3.05) is 25.2 Å². The van der Waals surface area contributed by atoms with Gasteiger partial charge in [0.25, 0.3) is 0 Å². The lowest BCUT2D eigenvalue weighted by Gasteiger charge is -2.28. The Balaban J connectivity index is 2.07. The molecule has 17 heavy (non-hydrogen) atoms. The van der Waals surface area contributed by atoms with Gasteiger partial charge in [0.1, 0.15) is 0 Å². The van der Waals surface area contributed by atoms with Crippen LogP contribution >= 0.6 is 11.3 Å². The van der Waals surface area contributed by atoms with Crippen LogP contribution in [0, 0.1) is 5.92 Å². The molecule has 2 N–H and O–H groups in total. The molecule has 1 aliphatic carbocycles. The van der Waals surface area contributed by atoms with E-state index in [4.69, 9.17) is 10.5 Å². The molecule has 0 amide bonds. The molecular formula is C12H21N3OS. The van der Waals surface area contributed by atoms with Gasteiger partial charge in [-0.25, -0.2) is 4.98 Å². The van der Waals surface area contributed by atoms with Crippen LogP contribution in [0.4, 0.5) is 5.13 Å². The summed E-state index contributed by atoms with van der Waals surface area (Å²) in [6.45, 7) is 4.52.